The van der Waals surface area contributed by atoms with Crippen LogP contribution < -0.4 is 5.32 Å². The molecule has 0 aromatic carbocycles. The lowest BCUT2D eigenvalue weighted by atomic mass is 10.1. The molecule has 2 heterocycles. The minimum Gasteiger partial charge on any atom is -0.450 e. The number of hydrogen-bond acceptors (Lipinski definition) is 5. The van der Waals surface area contributed by atoms with Gasteiger partial charge in [-0.3, -0.25) is 4.79 Å². The van der Waals surface area contributed by atoms with Gasteiger partial charge >= 0.3 is 6.09 Å². The number of carbonyl (C=O) groups excluding carboxylic acids is 2. The van der Waals surface area contributed by atoms with Crippen molar-refractivity contribution in [1.82, 2.24) is 20.4 Å². The van der Waals surface area contributed by atoms with E-state index in [1.165, 1.54) is 0 Å². The molecule has 2 rings (SSSR count). The molecular weight excluding hydrogens is 296 g/mol. The van der Waals surface area contributed by atoms with Gasteiger partial charge in [0.15, 0.2) is 5.69 Å². The fraction of sp³-hybridized carbons (Fsp3) is 0.625. The van der Waals surface area contributed by atoms with Crippen LogP contribution in [0.5, 0.6) is 0 Å². The largest absolute Gasteiger partial charge is 0.450 e. The molecule has 1 aromatic heterocycles. The molecule has 1 aliphatic rings. The molecule has 1 aliphatic heterocycles. The fourth-order valence-electron chi connectivity index (χ4n) is 2.45. The van der Waals surface area contributed by atoms with Gasteiger partial charge in [0, 0.05) is 19.1 Å². The van der Waals surface area contributed by atoms with Gasteiger partial charge in [-0.25, -0.2) is 4.79 Å². The summed E-state index contributed by atoms with van der Waals surface area (Å²) in [6.07, 6.45) is 1.14. The van der Waals surface area contributed by atoms with Crippen LogP contribution in [0.25, 0.3) is 0 Å². The molecule has 0 bridgehead atoms. The van der Waals surface area contributed by atoms with E-state index in [1.807, 2.05) is 19.9 Å². The molecule has 2 amide bonds. The van der Waals surface area contributed by atoms with E-state index in [0.717, 1.165) is 5.69 Å². The van der Waals surface area contributed by atoms with Crippen molar-refractivity contribution in [1.29, 1.82) is 0 Å². The first-order valence-corrected chi connectivity index (χ1v) is 8.07. The van der Waals surface area contributed by atoms with Crippen LogP contribution in [0, 0.1) is 0 Å². The first-order chi connectivity index (χ1) is 11.0. The summed E-state index contributed by atoms with van der Waals surface area (Å²) in [4.78, 5) is 25.5. The number of nitrogens with one attached hydrogen (secondary N) is 1. The van der Waals surface area contributed by atoms with Crippen molar-refractivity contribution in [3.8, 4) is 0 Å². The Labute approximate surface area is 136 Å². The Hall–Kier alpha value is -2.18. The number of likely N-dealkylation sites (tertiary alicyclic amines) is 1. The number of aromatic nitrogens is 2. The van der Waals surface area contributed by atoms with Crippen molar-refractivity contribution in [2.45, 2.75) is 45.6 Å². The zero-order chi connectivity index (χ0) is 16.8. The predicted molar refractivity (Wildman–Crippen MR) is 85.2 cm³/mol. The first-order valence-electron chi connectivity index (χ1n) is 8.07. The van der Waals surface area contributed by atoms with Gasteiger partial charge in [-0.05, 0) is 37.8 Å². The molecule has 23 heavy (non-hydrogen) atoms. The molecule has 1 fully saturated rings. The fourth-order valence-corrected chi connectivity index (χ4v) is 2.45. The highest BCUT2D eigenvalue weighted by Crippen LogP contribution is 2.13. The van der Waals surface area contributed by atoms with Gasteiger partial charge in [-0.2, -0.15) is 5.10 Å². The SMILES string of the molecule is CCOC(=O)N1CCC(NC(=O)c2ccc(C(C)C)nn2)CC1. The maximum Gasteiger partial charge on any atom is 0.409 e. The highest BCUT2D eigenvalue weighted by molar-refractivity contribution is 5.92. The van der Waals surface area contributed by atoms with Gasteiger partial charge in [0.1, 0.15) is 0 Å². The molecular formula is C16H24N4O3. The van der Waals surface area contributed by atoms with Crippen LogP contribution in [-0.4, -0.2) is 52.8 Å². The standard InChI is InChI=1S/C16H24N4O3/c1-4-23-16(22)20-9-7-12(8-10-20)17-15(21)14-6-5-13(11(2)3)18-19-14/h5-6,11-12H,4,7-10H2,1-3H3,(H,17,21). The van der Waals surface area contributed by atoms with Crippen LogP contribution in [-0.2, 0) is 4.74 Å². The highest BCUT2D eigenvalue weighted by Gasteiger charge is 2.25. The normalized spacial score (nSPS) is 15.6. The van der Waals surface area contributed by atoms with E-state index in [2.05, 4.69) is 15.5 Å². The van der Waals surface area contributed by atoms with Gasteiger partial charge in [0.05, 0.1) is 12.3 Å². The highest BCUT2D eigenvalue weighted by atomic mass is 16.6. The Balaban J connectivity index is 1.84. The maximum atomic E-state index is 12.2. The summed E-state index contributed by atoms with van der Waals surface area (Å²) >= 11 is 0. The monoisotopic (exact) mass is 320 g/mol. The van der Waals surface area contributed by atoms with Crippen molar-refractivity contribution in [2.24, 2.45) is 0 Å². The Bertz CT molecular complexity index is 537. The lowest BCUT2D eigenvalue weighted by Crippen LogP contribution is -2.46. The van der Waals surface area contributed by atoms with E-state index >= 15 is 0 Å². The van der Waals surface area contributed by atoms with E-state index < -0.39 is 0 Å². The zero-order valence-electron chi connectivity index (χ0n) is 13.9. The zero-order valence-corrected chi connectivity index (χ0v) is 13.9. The number of rotatable bonds is 4. The number of nitrogens with zero attached hydrogens (tertiary/aromatic N) is 3. The summed E-state index contributed by atoms with van der Waals surface area (Å²) in [5.41, 5.74) is 1.19. The maximum absolute atomic E-state index is 12.2. The van der Waals surface area contributed by atoms with E-state index in [4.69, 9.17) is 4.74 Å². The predicted octanol–water partition coefficient (Wildman–Crippen LogP) is 1.95. The number of amides is 2. The summed E-state index contributed by atoms with van der Waals surface area (Å²) in [7, 11) is 0. The summed E-state index contributed by atoms with van der Waals surface area (Å²) < 4.78 is 4.98. The molecule has 0 spiro atoms. The Morgan fingerprint density at radius 2 is 2.00 bits per heavy atom. The lowest BCUT2D eigenvalue weighted by Gasteiger charge is -2.31. The van der Waals surface area contributed by atoms with Gasteiger partial charge < -0.3 is 15.0 Å². The number of hydrogen-bond donors (Lipinski definition) is 1. The van der Waals surface area contributed by atoms with E-state index in [-0.39, 0.29) is 24.0 Å². The molecule has 7 nitrogen and oxygen atoms in total. The van der Waals surface area contributed by atoms with Crippen LogP contribution in [0.3, 0.4) is 0 Å². The molecule has 7 heteroatoms. The third-order valence-electron chi connectivity index (χ3n) is 3.87. The molecule has 0 aliphatic carbocycles. The minimum absolute atomic E-state index is 0.0414. The molecule has 0 unspecified atom stereocenters. The van der Waals surface area contributed by atoms with Crippen LogP contribution in [0.4, 0.5) is 4.79 Å². The van der Waals surface area contributed by atoms with E-state index in [1.54, 1.807) is 17.9 Å². The average molecular weight is 320 g/mol. The van der Waals surface area contributed by atoms with Crippen LogP contribution in [0.1, 0.15) is 55.7 Å². The second kappa shape index (κ2) is 7.89. The molecule has 126 valence electrons. The third-order valence-corrected chi connectivity index (χ3v) is 3.87. The van der Waals surface area contributed by atoms with Gasteiger partial charge in [0.2, 0.25) is 0 Å². The molecule has 0 radical (unpaired) electrons. The molecule has 1 aromatic rings. The van der Waals surface area contributed by atoms with Crippen molar-refractivity contribution >= 4 is 12.0 Å². The van der Waals surface area contributed by atoms with Crippen LogP contribution in [0.15, 0.2) is 12.1 Å². The van der Waals surface area contributed by atoms with Gasteiger partial charge in [-0.15, -0.1) is 5.10 Å². The Morgan fingerprint density at radius 1 is 1.30 bits per heavy atom. The molecule has 1 saturated heterocycles. The molecule has 0 saturated carbocycles. The van der Waals surface area contributed by atoms with Crippen LogP contribution >= 0.6 is 0 Å². The topological polar surface area (TPSA) is 84.4 Å². The van der Waals surface area contributed by atoms with Crippen LogP contribution in [0.2, 0.25) is 0 Å². The number of piperidine rings is 1. The average Bonchev–Trinajstić information content (AvgIpc) is 2.55. The quantitative estimate of drug-likeness (QED) is 0.916. The van der Waals surface area contributed by atoms with E-state index in [9.17, 15) is 9.59 Å². The summed E-state index contributed by atoms with van der Waals surface area (Å²) in [6, 6.07) is 3.57. The second-order valence-electron chi connectivity index (χ2n) is 5.93. The molecule has 0 atom stereocenters. The Kier molecular flexibility index (Phi) is 5.90. The number of carbonyl (C=O) groups is 2. The second-order valence-corrected chi connectivity index (χ2v) is 5.93. The summed E-state index contributed by atoms with van der Waals surface area (Å²) in [6.45, 7) is 7.39. The Morgan fingerprint density at radius 3 is 2.52 bits per heavy atom. The van der Waals surface area contributed by atoms with Crippen molar-refractivity contribution in [2.75, 3.05) is 19.7 Å². The van der Waals surface area contributed by atoms with Gasteiger partial charge in [-0.1, -0.05) is 13.8 Å². The van der Waals surface area contributed by atoms with Crippen molar-refractivity contribution in [3.63, 3.8) is 0 Å². The van der Waals surface area contributed by atoms with E-state index in [0.29, 0.717) is 38.2 Å². The number of ether oxygens (including phenoxy) is 1. The van der Waals surface area contributed by atoms with Crippen molar-refractivity contribution < 1.29 is 14.3 Å². The minimum atomic E-state index is -0.285. The molecule has 1 N–H and O–H groups in total. The van der Waals surface area contributed by atoms with Crippen molar-refractivity contribution in [3.05, 3.63) is 23.5 Å². The summed E-state index contributed by atoms with van der Waals surface area (Å²) in [5, 5.41) is 11.0. The summed E-state index contributed by atoms with van der Waals surface area (Å²) in [5.74, 6) is 0.0641. The van der Waals surface area contributed by atoms with Gasteiger partial charge in [0.25, 0.3) is 5.91 Å². The smallest absolute Gasteiger partial charge is 0.409 e. The third kappa shape index (κ3) is 4.64. The first kappa shape index (κ1) is 17.2. The lowest BCUT2D eigenvalue weighted by molar-refractivity contribution is 0.0856.